The highest BCUT2D eigenvalue weighted by molar-refractivity contribution is 7.93. The van der Waals surface area contributed by atoms with E-state index in [1.165, 1.54) is 5.41 Å². The lowest BCUT2D eigenvalue weighted by atomic mass is 10.2. The van der Waals surface area contributed by atoms with E-state index >= 15 is 0 Å². The van der Waals surface area contributed by atoms with Crippen LogP contribution in [0.25, 0.3) is 6.08 Å². The molecule has 0 spiro atoms. The van der Waals surface area contributed by atoms with Gasteiger partial charge >= 0.3 is 0 Å². The molecule has 0 saturated heterocycles. The first-order chi connectivity index (χ1) is 7.29. The average molecular weight is 255 g/mol. The highest BCUT2D eigenvalue weighted by Gasteiger charge is 2.19. The number of rotatable bonds is 4. The van der Waals surface area contributed by atoms with Crippen LogP contribution in [0.15, 0.2) is 35.7 Å². The molecule has 16 heavy (non-hydrogen) atoms. The fourth-order valence-electron chi connectivity index (χ4n) is 1.19. The lowest BCUT2D eigenvalue weighted by molar-refractivity contribution is 0.601. The molecule has 1 aromatic rings. The van der Waals surface area contributed by atoms with Gasteiger partial charge in [-0.05, 0) is 11.6 Å². The Hall–Kier alpha value is -0.913. The van der Waals surface area contributed by atoms with Crippen molar-refractivity contribution in [3.63, 3.8) is 0 Å². The molecule has 1 aromatic carbocycles. The van der Waals surface area contributed by atoms with Crippen LogP contribution in [0.3, 0.4) is 0 Å². The zero-order valence-electron chi connectivity index (χ0n) is 9.77. The van der Waals surface area contributed by atoms with E-state index in [1.54, 1.807) is 6.08 Å². The minimum Gasteiger partial charge on any atom is -0.234 e. The number of benzene rings is 1. The summed E-state index contributed by atoms with van der Waals surface area (Å²) in [7, 11) is -5.13. The van der Waals surface area contributed by atoms with E-state index in [0.717, 1.165) is 5.56 Å². The zero-order valence-corrected chi connectivity index (χ0v) is 11.6. The fourth-order valence-corrected chi connectivity index (χ4v) is 5.22. The Labute approximate surface area is 98.3 Å². The second kappa shape index (κ2) is 4.95. The molecule has 0 bridgehead atoms. The molecule has 0 aliphatic rings. The van der Waals surface area contributed by atoms with E-state index in [-0.39, 0.29) is 0 Å². The van der Waals surface area contributed by atoms with Gasteiger partial charge in [0.15, 0.2) is 0 Å². The van der Waals surface area contributed by atoms with Crippen molar-refractivity contribution < 1.29 is 8.42 Å². The van der Waals surface area contributed by atoms with Crippen LogP contribution in [0.2, 0.25) is 19.6 Å². The Bertz CT molecular complexity index is 461. The predicted molar refractivity (Wildman–Crippen MR) is 70.9 cm³/mol. The van der Waals surface area contributed by atoms with Crippen molar-refractivity contribution in [2.45, 2.75) is 19.6 Å². The standard InChI is InChI=1S/C11H17NO2SSi/c1-16(2,3)12-15(13,14)10-9-11-7-5-4-6-8-11/h4-10,12H,1-3H3. The Morgan fingerprint density at radius 1 is 1.12 bits per heavy atom. The summed E-state index contributed by atoms with van der Waals surface area (Å²) in [6, 6.07) is 9.36. The summed E-state index contributed by atoms with van der Waals surface area (Å²) in [4.78, 5) is 0. The molecule has 5 heteroatoms. The smallest absolute Gasteiger partial charge is 0.227 e. The molecule has 0 aliphatic heterocycles. The molecule has 0 fully saturated rings. The lowest BCUT2D eigenvalue weighted by Gasteiger charge is -2.15. The third-order valence-electron chi connectivity index (χ3n) is 1.69. The molecule has 0 unspecified atom stereocenters. The van der Waals surface area contributed by atoms with Gasteiger partial charge in [-0.3, -0.25) is 0 Å². The maximum Gasteiger partial charge on any atom is 0.227 e. The SMILES string of the molecule is C[Si](C)(C)NS(=O)(=O)C=Cc1ccccc1. The summed E-state index contributed by atoms with van der Waals surface area (Å²) in [5.41, 5.74) is 0.878. The molecule has 0 aromatic heterocycles. The molecule has 0 amide bonds. The molecule has 0 radical (unpaired) electrons. The topological polar surface area (TPSA) is 46.2 Å². The van der Waals surface area contributed by atoms with Crippen molar-refractivity contribution in [3.8, 4) is 0 Å². The van der Waals surface area contributed by atoms with Crippen molar-refractivity contribution in [1.29, 1.82) is 0 Å². The molecular weight excluding hydrogens is 238 g/mol. The Morgan fingerprint density at radius 3 is 2.19 bits per heavy atom. The normalized spacial score (nSPS) is 13.2. The van der Waals surface area contributed by atoms with Gasteiger partial charge in [0.1, 0.15) is 8.24 Å². The third-order valence-corrected chi connectivity index (χ3v) is 5.77. The highest BCUT2D eigenvalue weighted by Crippen LogP contribution is 2.05. The molecule has 0 heterocycles. The lowest BCUT2D eigenvalue weighted by Crippen LogP contribution is -2.44. The van der Waals surface area contributed by atoms with E-state index in [4.69, 9.17) is 0 Å². The van der Waals surface area contributed by atoms with Crippen molar-refractivity contribution in [2.24, 2.45) is 0 Å². The number of hydrogen-bond acceptors (Lipinski definition) is 2. The summed E-state index contributed by atoms with van der Waals surface area (Å²) in [6.45, 7) is 5.84. The summed E-state index contributed by atoms with van der Waals surface area (Å²) in [6.07, 6.45) is 1.60. The average Bonchev–Trinajstić information content (AvgIpc) is 2.13. The highest BCUT2D eigenvalue weighted by atomic mass is 32.2. The van der Waals surface area contributed by atoms with Gasteiger partial charge in [-0.25, -0.2) is 12.8 Å². The summed E-state index contributed by atoms with van der Waals surface area (Å²) >= 11 is 0. The summed E-state index contributed by atoms with van der Waals surface area (Å²) < 4.78 is 26.0. The van der Waals surface area contributed by atoms with E-state index in [2.05, 4.69) is 4.39 Å². The fraction of sp³-hybridized carbons (Fsp3) is 0.273. The predicted octanol–water partition coefficient (Wildman–Crippen LogP) is 2.41. The maximum absolute atomic E-state index is 11.7. The number of sulfonamides is 1. The van der Waals surface area contributed by atoms with Crippen LogP contribution < -0.4 is 4.39 Å². The first-order valence-corrected chi connectivity index (χ1v) is 10.1. The van der Waals surface area contributed by atoms with Gasteiger partial charge in [0.05, 0.1) is 0 Å². The van der Waals surface area contributed by atoms with Crippen LogP contribution in [0.4, 0.5) is 0 Å². The maximum atomic E-state index is 11.7. The second-order valence-corrected chi connectivity index (χ2v) is 11.3. The zero-order chi connectivity index (χ0) is 12.2. The van der Waals surface area contributed by atoms with Crippen LogP contribution in [0.1, 0.15) is 5.56 Å². The van der Waals surface area contributed by atoms with Gasteiger partial charge in [-0.1, -0.05) is 50.0 Å². The molecule has 3 nitrogen and oxygen atoms in total. The van der Waals surface area contributed by atoms with Crippen LogP contribution >= 0.6 is 0 Å². The Morgan fingerprint density at radius 2 is 1.69 bits per heavy atom. The summed E-state index contributed by atoms with van der Waals surface area (Å²) in [5, 5.41) is 1.22. The van der Waals surface area contributed by atoms with Gasteiger partial charge in [-0.2, -0.15) is 0 Å². The Kier molecular flexibility index (Phi) is 4.07. The second-order valence-electron chi connectivity index (χ2n) is 4.61. The monoisotopic (exact) mass is 255 g/mol. The molecule has 1 N–H and O–H groups in total. The molecular formula is C11H17NO2SSi. The van der Waals surface area contributed by atoms with Gasteiger partial charge in [0.2, 0.25) is 10.0 Å². The van der Waals surface area contributed by atoms with E-state index < -0.39 is 18.3 Å². The minimum absolute atomic E-state index is 0.878. The van der Waals surface area contributed by atoms with Gasteiger partial charge in [0, 0.05) is 5.41 Å². The van der Waals surface area contributed by atoms with Crippen LogP contribution in [0.5, 0.6) is 0 Å². The van der Waals surface area contributed by atoms with Crippen molar-refractivity contribution >= 4 is 24.3 Å². The van der Waals surface area contributed by atoms with Crippen molar-refractivity contribution in [2.75, 3.05) is 0 Å². The van der Waals surface area contributed by atoms with Crippen LogP contribution in [-0.4, -0.2) is 16.7 Å². The quantitative estimate of drug-likeness (QED) is 0.840. The Balaban J connectivity index is 2.78. The van der Waals surface area contributed by atoms with Crippen LogP contribution in [-0.2, 0) is 10.0 Å². The van der Waals surface area contributed by atoms with E-state index in [0.29, 0.717) is 0 Å². The molecule has 0 aliphatic carbocycles. The first-order valence-electron chi connectivity index (χ1n) is 5.06. The third kappa shape index (κ3) is 5.25. The van der Waals surface area contributed by atoms with Gasteiger partial charge in [-0.15, -0.1) is 0 Å². The van der Waals surface area contributed by atoms with Crippen molar-refractivity contribution in [3.05, 3.63) is 41.3 Å². The number of hydrogen-bond donors (Lipinski definition) is 1. The first kappa shape index (κ1) is 13.2. The largest absolute Gasteiger partial charge is 0.234 e. The number of nitrogens with one attached hydrogen (secondary N) is 1. The van der Waals surface area contributed by atoms with E-state index in [9.17, 15) is 8.42 Å². The summed E-state index contributed by atoms with van der Waals surface area (Å²) in [5.74, 6) is 0. The molecule has 88 valence electrons. The van der Waals surface area contributed by atoms with Crippen LogP contribution in [0, 0.1) is 0 Å². The van der Waals surface area contributed by atoms with E-state index in [1.807, 2.05) is 50.0 Å². The molecule has 0 atom stereocenters. The minimum atomic E-state index is -3.31. The molecule has 0 saturated carbocycles. The molecule has 1 rings (SSSR count). The van der Waals surface area contributed by atoms with Crippen molar-refractivity contribution in [1.82, 2.24) is 4.39 Å². The van der Waals surface area contributed by atoms with Gasteiger partial charge in [0.25, 0.3) is 0 Å². The van der Waals surface area contributed by atoms with Gasteiger partial charge < -0.3 is 0 Å².